The summed E-state index contributed by atoms with van der Waals surface area (Å²) in [7, 11) is 0. The monoisotopic (exact) mass is 1810 g/mol. The zero-order chi connectivity index (χ0) is 92.1. The van der Waals surface area contributed by atoms with Crippen LogP contribution in [0.5, 0.6) is 23.0 Å². The van der Waals surface area contributed by atoms with Gasteiger partial charge in [-0.1, -0.05) is 60.7 Å². The third-order valence-electron chi connectivity index (χ3n) is 26.2. The minimum Gasteiger partial charge on any atom is -0.481 e. The molecule has 700 valence electrons. The molecule has 2 atom stereocenters. The number of hydrogen-bond donors (Lipinski definition) is 7. The van der Waals surface area contributed by atoms with Gasteiger partial charge in [-0.3, -0.25) is 67.8 Å². The van der Waals surface area contributed by atoms with E-state index >= 15 is 0 Å². The second-order valence-electron chi connectivity index (χ2n) is 34.6. The average Bonchev–Trinajstić information content (AvgIpc) is 1.62. The van der Waals surface area contributed by atoms with Crippen molar-refractivity contribution in [3.05, 3.63) is 192 Å². The average molecular weight is 1820 g/mol. The lowest BCUT2D eigenvalue weighted by Gasteiger charge is -2.42. The van der Waals surface area contributed by atoms with E-state index in [4.69, 9.17) is 60.9 Å². The fraction of sp³-hybridized carbons (Fsp3) is 0.449. The van der Waals surface area contributed by atoms with Crippen LogP contribution >= 0.6 is 0 Å². The van der Waals surface area contributed by atoms with Gasteiger partial charge in [0, 0.05) is 128 Å². The number of anilines is 2. The predicted octanol–water partition coefficient (Wildman–Crippen LogP) is 9.17. The van der Waals surface area contributed by atoms with Crippen molar-refractivity contribution in [3.63, 3.8) is 0 Å². The van der Waals surface area contributed by atoms with E-state index in [9.17, 15) is 38.4 Å². The van der Waals surface area contributed by atoms with E-state index in [1.54, 1.807) is 42.7 Å². The number of aryl methyl sites for hydroxylation is 2. The molecule has 2 saturated carbocycles. The van der Waals surface area contributed by atoms with Crippen LogP contribution < -0.4 is 42.6 Å². The summed E-state index contributed by atoms with van der Waals surface area (Å²) in [5.74, 6) is 0.300. The number of aromatic nitrogens is 8. The molecule has 6 aromatic carbocycles. The number of imide groups is 2. The zero-order valence-corrected chi connectivity index (χ0v) is 75.0. The number of amides is 7. The van der Waals surface area contributed by atoms with Crippen molar-refractivity contribution in [3.8, 4) is 45.5 Å². The Morgan fingerprint density at radius 1 is 0.429 bits per heavy atom. The van der Waals surface area contributed by atoms with Crippen LogP contribution in [0.3, 0.4) is 0 Å². The number of nitrogen functional groups attached to an aromatic ring is 2. The van der Waals surface area contributed by atoms with Gasteiger partial charge in [-0.15, -0.1) is 0 Å². The number of nitrogens with one attached hydrogen (secondary N) is 3. The SMILES string of the molecule is NCCOCCOCCN1CCN(C2CCC(n3nc(-c4ccc(Oc5ccccc5)cc4)c4c(N)ncnc43)CC2)CC1.Nc1ncnc2c1c(-c1ccc(Oc3ccccc3)cc1)nn2C1CCC(N2CCN(CCOCCOCCNC(=O)CCc3cccc4c3C(=O)N(C3CCCNC3=O)C4=O)CC2)CC1.O=C(O)CCc1cccc2c1C(=O)N(C1CCCNC1=O)C2=O. The summed E-state index contributed by atoms with van der Waals surface area (Å²) in [6.45, 7) is 16.8. The summed E-state index contributed by atoms with van der Waals surface area (Å²) in [5.41, 5.74) is 25.6. The lowest BCUT2D eigenvalue weighted by atomic mass is 9.90. The molecular weight excluding hydrogens is 1700 g/mol. The lowest BCUT2D eigenvalue weighted by molar-refractivity contribution is -0.137. The number of para-hydroxylation sites is 2. The molecule has 10 N–H and O–H groups in total. The first-order valence-corrected chi connectivity index (χ1v) is 46.6. The summed E-state index contributed by atoms with van der Waals surface area (Å²) in [4.78, 5) is 130. The van der Waals surface area contributed by atoms with Gasteiger partial charge in [-0.05, 0) is 186 Å². The van der Waals surface area contributed by atoms with Crippen molar-refractivity contribution >= 4 is 81.0 Å². The minimum atomic E-state index is -0.970. The molecule has 6 fully saturated rings. The molecule has 35 heteroatoms. The number of carboxylic acid groups (broad SMARTS) is 1. The van der Waals surface area contributed by atoms with Crippen molar-refractivity contribution in [2.24, 2.45) is 5.73 Å². The summed E-state index contributed by atoms with van der Waals surface area (Å²) < 4.78 is 38.8. The molecule has 133 heavy (non-hydrogen) atoms. The number of rotatable bonds is 35. The predicted molar refractivity (Wildman–Crippen MR) is 498 cm³/mol. The minimum absolute atomic E-state index is 0.123. The third kappa shape index (κ3) is 22.9. The van der Waals surface area contributed by atoms with Crippen LogP contribution in [-0.2, 0) is 51.0 Å². The number of carbonyl (C=O) groups is 8. The summed E-state index contributed by atoms with van der Waals surface area (Å²) in [6.07, 6.45) is 14.5. The first kappa shape index (κ1) is 93.6. The largest absolute Gasteiger partial charge is 0.481 e. The number of hydrogen-bond acceptors (Lipinski definition) is 27. The molecule has 18 rings (SSSR count). The summed E-state index contributed by atoms with van der Waals surface area (Å²) in [6, 6.07) is 45.4. The van der Waals surface area contributed by atoms with Gasteiger partial charge >= 0.3 is 5.97 Å². The lowest BCUT2D eigenvalue weighted by Crippen LogP contribution is -2.52. The van der Waals surface area contributed by atoms with E-state index in [1.807, 2.05) is 109 Å². The fourth-order valence-corrected chi connectivity index (χ4v) is 19.2. The third-order valence-corrected chi connectivity index (χ3v) is 26.2. The fourth-order valence-electron chi connectivity index (χ4n) is 19.2. The van der Waals surface area contributed by atoms with Gasteiger partial charge in [0.15, 0.2) is 11.3 Å². The topological polar surface area (TPSA) is 433 Å². The van der Waals surface area contributed by atoms with Gasteiger partial charge in [0.2, 0.25) is 17.7 Å². The Morgan fingerprint density at radius 2 is 0.827 bits per heavy atom. The number of ether oxygens (including phenoxy) is 6. The maximum atomic E-state index is 13.3. The molecule has 7 amide bonds. The maximum Gasteiger partial charge on any atom is 0.303 e. The number of piperidine rings is 2. The molecule has 0 bridgehead atoms. The highest BCUT2D eigenvalue weighted by Crippen LogP contribution is 2.42. The van der Waals surface area contributed by atoms with Crippen molar-refractivity contribution in [1.82, 2.24) is 84.8 Å². The highest BCUT2D eigenvalue weighted by atomic mass is 16.5. The summed E-state index contributed by atoms with van der Waals surface area (Å²) in [5, 5.41) is 28.9. The van der Waals surface area contributed by atoms with Crippen LogP contribution in [0.1, 0.15) is 155 Å². The number of carboxylic acids is 1. The van der Waals surface area contributed by atoms with Gasteiger partial charge in [-0.2, -0.15) is 10.2 Å². The number of nitrogens with zero attached hydrogens (tertiary/aromatic N) is 14. The van der Waals surface area contributed by atoms with Crippen LogP contribution in [0.4, 0.5) is 11.6 Å². The van der Waals surface area contributed by atoms with Crippen LogP contribution in [0.25, 0.3) is 44.6 Å². The van der Waals surface area contributed by atoms with Crippen LogP contribution in [0.15, 0.2) is 158 Å². The van der Waals surface area contributed by atoms with Crippen molar-refractivity contribution in [2.75, 3.05) is 156 Å². The second-order valence-corrected chi connectivity index (χ2v) is 34.6. The van der Waals surface area contributed by atoms with Gasteiger partial charge < -0.3 is 66.7 Å². The van der Waals surface area contributed by atoms with Gasteiger partial charge in [0.05, 0.1) is 98.0 Å². The Kier molecular flexibility index (Phi) is 31.8. The van der Waals surface area contributed by atoms with Gasteiger partial charge in [-0.25, -0.2) is 29.3 Å². The zero-order valence-electron chi connectivity index (χ0n) is 75.0. The molecule has 0 radical (unpaired) electrons. The van der Waals surface area contributed by atoms with Gasteiger partial charge in [0.1, 0.15) is 70.8 Å². The maximum absolute atomic E-state index is 13.3. The van der Waals surface area contributed by atoms with E-state index in [2.05, 4.69) is 64.8 Å². The molecule has 4 saturated heterocycles. The number of piperazine rings is 2. The second kappa shape index (κ2) is 45.2. The molecule has 10 aromatic rings. The van der Waals surface area contributed by atoms with E-state index in [0.29, 0.717) is 145 Å². The molecule has 4 aromatic heterocycles. The Bertz CT molecular complexity index is 5680. The molecule has 8 aliphatic rings. The van der Waals surface area contributed by atoms with E-state index in [1.165, 1.54) is 6.33 Å². The first-order valence-electron chi connectivity index (χ1n) is 46.6. The van der Waals surface area contributed by atoms with Gasteiger partial charge in [0.25, 0.3) is 23.6 Å². The van der Waals surface area contributed by atoms with Crippen molar-refractivity contribution in [2.45, 2.75) is 139 Å². The van der Waals surface area contributed by atoms with Crippen molar-refractivity contribution < 1.29 is 71.9 Å². The molecule has 6 aliphatic heterocycles. The Hall–Kier alpha value is -12.6. The van der Waals surface area contributed by atoms with Crippen molar-refractivity contribution in [1.29, 1.82) is 0 Å². The number of benzene rings is 6. The molecule has 2 unspecified atom stereocenters. The Balaban J connectivity index is 0.000000164. The van der Waals surface area contributed by atoms with E-state index in [-0.39, 0.29) is 65.8 Å². The number of nitrogens with two attached hydrogens (primary N) is 3. The Morgan fingerprint density at radius 3 is 1.24 bits per heavy atom. The molecule has 0 spiro atoms. The first-order chi connectivity index (χ1) is 65.0. The normalized spacial score (nSPS) is 20.2. The highest BCUT2D eigenvalue weighted by Gasteiger charge is 2.47. The smallest absolute Gasteiger partial charge is 0.303 e. The van der Waals surface area contributed by atoms with Crippen LogP contribution in [-0.4, -0.2) is 290 Å². The van der Waals surface area contributed by atoms with Crippen LogP contribution in [0, 0.1) is 0 Å². The Labute approximate surface area is 771 Å². The van der Waals surface area contributed by atoms with Crippen LogP contribution in [0.2, 0.25) is 0 Å². The summed E-state index contributed by atoms with van der Waals surface area (Å²) >= 11 is 0. The highest BCUT2D eigenvalue weighted by molar-refractivity contribution is 6.24. The molecule has 10 heterocycles. The van der Waals surface area contributed by atoms with E-state index < -0.39 is 41.7 Å². The number of aliphatic carboxylic acids is 1. The number of carbonyl (C=O) groups excluding carboxylic acids is 7. The molecule has 35 nitrogen and oxygen atoms in total. The standard InChI is InChI=1S/C49H58N10O7.C33H44N8O3.C16H16N2O5/c50-45-43-44(34-11-18-38(19-12-34)66-37-7-2-1-3-8-37)55-59(46(43)54-32-53-45)36-16-14-35(15-17-36)57-25-23-56(24-26-57)27-29-65-31-30-64-28-22-51-41(60)20-13-33-6-4-9-39-42(33)49(63)58(48(39)62)40-10-5-21-52-47(40)61;34-14-20-42-22-23-43-21-19-39-15-17-40(18-16-39)26-8-10-27(11-9-26)41-33-30(32(35)36-24-37-33)31(38-41)25-6-12-29(13-7-25)44-28-4-2-1-3-5-28;19-12(20)7-6-9-3-1-4-10-13(9)16(23)18(15(10)22)11-5-2-8-17-14(11)21/h1-4,6-9,11-12,18-19,32,35-36,40H,5,10,13-17,20-31H2,(H,51,60)(H,52,61)(H2,50,53,54);1-7,12-13,24,26-27H,8-11,14-23,34H2,(H2,35,36,37);1,3-4,11H,2,5-8H2,(H,17,21)(H,19,20). The number of fused-ring (bicyclic) bond motifs is 4. The quantitative estimate of drug-likeness (QED) is 0.0144. The molecule has 2 aliphatic carbocycles. The van der Waals surface area contributed by atoms with E-state index in [0.717, 1.165) is 201 Å². The molecular formula is C98H118N20O15.